The van der Waals surface area contributed by atoms with E-state index in [2.05, 4.69) is 29.0 Å². The predicted molar refractivity (Wildman–Crippen MR) is 124 cm³/mol. The summed E-state index contributed by atoms with van der Waals surface area (Å²) in [4.78, 5) is 14.2. The van der Waals surface area contributed by atoms with E-state index in [9.17, 15) is 13.2 Å². The number of amides is 1. The fourth-order valence-electron chi connectivity index (χ4n) is 2.76. The standard InChI is InChI=1S/C23H33N3O5S/c1-6-9-17-31-19-12-14-20(15-13-19)32(29,30)21(11-10-16-26(7-2)8-3)24-22(18(4)5)23(27)25-28/h12-15,18,21-22,24,28H,7-8,16-17H2,1-5H3,(H,25,27). The topological polar surface area (TPSA) is 108 Å². The highest BCUT2D eigenvalue weighted by atomic mass is 32.2. The minimum Gasteiger partial charge on any atom is -0.481 e. The Labute approximate surface area is 191 Å². The summed E-state index contributed by atoms with van der Waals surface area (Å²) in [7, 11) is -3.97. The summed E-state index contributed by atoms with van der Waals surface area (Å²) in [6.07, 6.45) is 0. The number of carbonyl (C=O) groups excluding carboxylic acids is 1. The molecule has 0 saturated carbocycles. The molecule has 0 radical (unpaired) electrons. The van der Waals surface area contributed by atoms with Gasteiger partial charge in [0.1, 0.15) is 12.4 Å². The average Bonchev–Trinajstić information content (AvgIpc) is 2.78. The molecule has 32 heavy (non-hydrogen) atoms. The number of carbonyl (C=O) groups is 1. The van der Waals surface area contributed by atoms with Gasteiger partial charge in [-0.2, -0.15) is 0 Å². The van der Waals surface area contributed by atoms with Crippen molar-refractivity contribution in [1.82, 2.24) is 15.7 Å². The van der Waals surface area contributed by atoms with Crippen molar-refractivity contribution in [2.24, 2.45) is 5.92 Å². The van der Waals surface area contributed by atoms with Gasteiger partial charge in [-0.05, 0) is 50.2 Å². The smallest absolute Gasteiger partial charge is 0.260 e. The Morgan fingerprint density at radius 2 is 1.78 bits per heavy atom. The molecule has 0 saturated heterocycles. The summed E-state index contributed by atoms with van der Waals surface area (Å²) in [5.41, 5.74) is 1.59. The van der Waals surface area contributed by atoms with Gasteiger partial charge in [0.2, 0.25) is 9.84 Å². The van der Waals surface area contributed by atoms with E-state index in [0.717, 1.165) is 13.1 Å². The molecule has 9 heteroatoms. The molecular weight excluding hydrogens is 430 g/mol. The lowest BCUT2D eigenvalue weighted by Crippen LogP contribution is -2.52. The second-order valence-corrected chi connectivity index (χ2v) is 9.29. The second-order valence-electron chi connectivity index (χ2n) is 7.26. The van der Waals surface area contributed by atoms with Gasteiger partial charge in [0.05, 0.1) is 17.5 Å². The normalized spacial score (nSPS) is 12.9. The van der Waals surface area contributed by atoms with Crippen LogP contribution < -0.4 is 15.5 Å². The van der Waals surface area contributed by atoms with E-state index in [1.165, 1.54) is 12.1 Å². The maximum absolute atomic E-state index is 13.4. The molecule has 0 spiro atoms. The summed E-state index contributed by atoms with van der Waals surface area (Å²) in [5, 5.41) is 10.5. The number of ether oxygens (including phenoxy) is 1. The third-order valence-corrected chi connectivity index (χ3v) is 6.57. The number of hydrogen-bond donors (Lipinski definition) is 3. The van der Waals surface area contributed by atoms with E-state index in [1.54, 1.807) is 38.4 Å². The van der Waals surface area contributed by atoms with Crippen molar-refractivity contribution in [2.45, 2.75) is 50.9 Å². The fraction of sp³-hybridized carbons (Fsp3) is 0.522. The van der Waals surface area contributed by atoms with Crippen LogP contribution in [0.2, 0.25) is 0 Å². The molecule has 2 atom stereocenters. The number of hydrogen-bond acceptors (Lipinski definition) is 7. The van der Waals surface area contributed by atoms with E-state index >= 15 is 0 Å². The van der Waals surface area contributed by atoms with Crippen LogP contribution in [0.25, 0.3) is 0 Å². The Morgan fingerprint density at radius 1 is 1.16 bits per heavy atom. The summed E-state index contributed by atoms with van der Waals surface area (Å²) >= 11 is 0. The molecule has 1 aromatic rings. The highest BCUT2D eigenvalue weighted by Crippen LogP contribution is 2.20. The SMILES string of the molecule is CC#CCOc1ccc(S(=O)(=O)C(C#CCN(CC)CC)NC(C(=O)NO)C(C)C)cc1. The lowest BCUT2D eigenvalue weighted by molar-refractivity contribution is -0.132. The first-order valence-electron chi connectivity index (χ1n) is 10.5. The molecule has 3 N–H and O–H groups in total. The van der Waals surface area contributed by atoms with Gasteiger partial charge in [-0.3, -0.25) is 20.2 Å². The first-order valence-corrected chi connectivity index (χ1v) is 12.0. The van der Waals surface area contributed by atoms with Crippen molar-refractivity contribution in [3.8, 4) is 29.4 Å². The van der Waals surface area contributed by atoms with Crippen LogP contribution >= 0.6 is 0 Å². The van der Waals surface area contributed by atoms with Crippen LogP contribution in [0, 0.1) is 29.6 Å². The van der Waals surface area contributed by atoms with Gasteiger partial charge < -0.3 is 4.74 Å². The molecule has 8 nitrogen and oxygen atoms in total. The van der Waals surface area contributed by atoms with E-state index in [-0.39, 0.29) is 17.4 Å². The minimum absolute atomic E-state index is 0.0352. The number of sulfone groups is 1. The summed E-state index contributed by atoms with van der Waals surface area (Å²) < 4.78 is 32.1. The van der Waals surface area contributed by atoms with Gasteiger partial charge in [-0.1, -0.05) is 45.5 Å². The quantitative estimate of drug-likeness (QED) is 0.260. The lowest BCUT2D eigenvalue weighted by atomic mass is 10.0. The van der Waals surface area contributed by atoms with E-state index < -0.39 is 27.2 Å². The molecule has 1 aromatic carbocycles. The first-order chi connectivity index (χ1) is 15.2. The molecule has 0 aliphatic carbocycles. The largest absolute Gasteiger partial charge is 0.481 e. The zero-order valence-electron chi connectivity index (χ0n) is 19.3. The number of nitrogens with zero attached hydrogens (tertiary/aromatic N) is 1. The Hall–Kier alpha value is -2.56. The summed E-state index contributed by atoms with van der Waals surface area (Å²) in [6.45, 7) is 11.3. The van der Waals surface area contributed by atoms with Crippen molar-refractivity contribution in [2.75, 3.05) is 26.2 Å². The molecule has 1 rings (SSSR count). The Bertz CT molecular complexity index is 949. The Balaban J connectivity index is 3.26. The Morgan fingerprint density at radius 3 is 2.28 bits per heavy atom. The van der Waals surface area contributed by atoms with Crippen LogP contribution in [0.3, 0.4) is 0 Å². The van der Waals surface area contributed by atoms with Gasteiger partial charge in [-0.25, -0.2) is 13.9 Å². The average molecular weight is 464 g/mol. The third-order valence-electron chi connectivity index (χ3n) is 4.77. The van der Waals surface area contributed by atoms with Gasteiger partial charge in [0.25, 0.3) is 5.91 Å². The zero-order chi connectivity index (χ0) is 24.1. The van der Waals surface area contributed by atoms with Crippen LogP contribution in [0.15, 0.2) is 29.2 Å². The number of hydroxylamine groups is 1. The highest BCUT2D eigenvalue weighted by molar-refractivity contribution is 7.92. The van der Waals surface area contributed by atoms with Crippen molar-refractivity contribution in [3.05, 3.63) is 24.3 Å². The van der Waals surface area contributed by atoms with Crippen molar-refractivity contribution < 1.29 is 23.2 Å². The Kier molecular flexibility index (Phi) is 11.8. The van der Waals surface area contributed by atoms with Crippen molar-refractivity contribution in [3.63, 3.8) is 0 Å². The number of benzene rings is 1. The molecular formula is C23H33N3O5S. The third kappa shape index (κ3) is 8.18. The zero-order valence-corrected chi connectivity index (χ0v) is 20.1. The molecule has 0 aliphatic rings. The molecule has 0 heterocycles. The van der Waals surface area contributed by atoms with E-state index in [1.807, 2.05) is 18.7 Å². The fourth-order valence-corrected chi connectivity index (χ4v) is 4.11. The van der Waals surface area contributed by atoms with Crippen LogP contribution in [0.5, 0.6) is 5.75 Å². The molecule has 1 amide bonds. The van der Waals surface area contributed by atoms with Gasteiger partial charge in [0.15, 0.2) is 5.37 Å². The van der Waals surface area contributed by atoms with Gasteiger partial charge >= 0.3 is 0 Å². The van der Waals surface area contributed by atoms with Crippen molar-refractivity contribution in [1.29, 1.82) is 0 Å². The molecule has 2 unspecified atom stereocenters. The molecule has 0 bridgehead atoms. The van der Waals surface area contributed by atoms with Crippen LogP contribution in [-0.2, 0) is 14.6 Å². The molecule has 176 valence electrons. The van der Waals surface area contributed by atoms with Gasteiger partial charge in [0, 0.05) is 0 Å². The van der Waals surface area contributed by atoms with E-state index in [4.69, 9.17) is 9.94 Å². The summed E-state index contributed by atoms with van der Waals surface area (Å²) in [6, 6.07) is 5.00. The highest BCUT2D eigenvalue weighted by Gasteiger charge is 2.32. The first kappa shape index (κ1) is 27.5. The number of nitrogens with one attached hydrogen (secondary N) is 2. The molecule has 0 aromatic heterocycles. The van der Waals surface area contributed by atoms with Gasteiger partial charge in [-0.15, -0.1) is 5.92 Å². The molecule has 0 aliphatic heterocycles. The van der Waals surface area contributed by atoms with Crippen LogP contribution in [0.4, 0.5) is 0 Å². The van der Waals surface area contributed by atoms with Crippen molar-refractivity contribution >= 4 is 15.7 Å². The molecule has 0 fully saturated rings. The van der Waals surface area contributed by atoms with E-state index in [0.29, 0.717) is 12.3 Å². The predicted octanol–water partition coefficient (Wildman–Crippen LogP) is 1.65. The van der Waals surface area contributed by atoms with Crippen LogP contribution in [0.1, 0.15) is 34.6 Å². The maximum Gasteiger partial charge on any atom is 0.260 e. The lowest BCUT2D eigenvalue weighted by Gasteiger charge is -2.24. The number of rotatable bonds is 11. The minimum atomic E-state index is -3.97. The van der Waals surface area contributed by atoms with Crippen LogP contribution in [-0.4, -0.2) is 62.1 Å². The monoisotopic (exact) mass is 463 g/mol. The summed E-state index contributed by atoms with van der Waals surface area (Å²) in [5.74, 6) is 10.6. The maximum atomic E-state index is 13.4. The second kappa shape index (κ2) is 13.8.